The summed E-state index contributed by atoms with van der Waals surface area (Å²) in [7, 11) is 0. The zero-order chi connectivity index (χ0) is 15.9. The molecule has 0 radical (unpaired) electrons. The Labute approximate surface area is 155 Å². The minimum atomic E-state index is -0.344. The van der Waals surface area contributed by atoms with Crippen molar-refractivity contribution in [2.24, 2.45) is 0 Å². The Hall–Kier alpha value is -0.660. The van der Waals surface area contributed by atoms with Gasteiger partial charge in [-0.05, 0) is 18.2 Å². The van der Waals surface area contributed by atoms with Crippen LogP contribution in [-0.2, 0) is 9.59 Å². The van der Waals surface area contributed by atoms with E-state index in [1.807, 2.05) is 11.8 Å². The first-order valence-corrected chi connectivity index (χ1v) is 8.78. The second-order valence-corrected chi connectivity index (χ2v) is 6.87. The third kappa shape index (κ3) is 7.18. The van der Waals surface area contributed by atoms with E-state index in [9.17, 15) is 9.59 Å². The molecule has 3 N–H and O–H groups in total. The zero-order valence-corrected chi connectivity index (χ0v) is 15.4. The van der Waals surface area contributed by atoms with Crippen molar-refractivity contribution in [1.29, 1.82) is 0 Å². The lowest BCUT2D eigenvalue weighted by molar-refractivity contribution is -0.124. The van der Waals surface area contributed by atoms with Crippen LogP contribution in [0.5, 0.6) is 0 Å². The highest BCUT2D eigenvalue weighted by molar-refractivity contribution is 7.99. The van der Waals surface area contributed by atoms with Gasteiger partial charge in [0.1, 0.15) is 0 Å². The second-order valence-electron chi connectivity index (χ2n) is 4.88. The number of carbonyl (C=O) groups excluding carboxylic acids is 2. The van der Waals surface area contributed by atoms with Crippen molar-refractivity contribution in [3.05, 3.63) is 28.2 Å². The standard InChI is InChI=1S/C14H17Cl2N3O2S.ClH/c15-9-1-2-11(16)12(5-9)19-14(21)7-18-13(20)6-10-8-22-4-3-17-10;/h1-2,5,10,17H,3-4,6-8H2,(H,18,20)(H,19,21);1H. The summed E-state index contributed by atoms with van der Waals surface area (Å²) >= 11 is 13.6. The van der Waals surface area contributed by atoms with E-state index >= 15 is 0 Å². The third-order valence-corrected chi connectivity index (χ3v) is 4.77. The van der Waals surface area contributed by atoms with Gasteiger partial charge >= 0.3 is 0 Å². The molecule has 0 spiro atoms. The lowest BCUT2D eigenvalue weighted by Crippen LogP contribution is -2.42. The molecular formula is C14H18Cl3N3O2S. The number of hydrogen-bond donors (Lipinski definition) is 3. The number of benzene rings is 1. The maximum absolute atomic E-state index is 11.8. The summed E-state index contributed by atoms with van der Waals surface area (Å²) in [5.74, 6) is 1.49. The molecule has 2 rings (SSSR count). The normalized spacial score (nSPS) is 17.0. The van der Waals surface area contributed by atoms with Crippen molar-refractivity contribution in [2.75, 3.05) is 29.9 Å². The molecule has 1 aromatic carbocycles. The Kier molecular flexibility index (Phi) is 9.09. The zero-order valence-electron chi connectivity index (χ0n) is 12.2. The third-order valence-electron chi connectivity index (χ3n) is 3.08. The average molecular weight is 399 g/mol. The molecular weight excluding hydrogens is 381 g/mol. The molecule has 1 atom stereocenters. The minimum absolute atomic E-state index is 0. The molecule has 1 aromatic rings. The van der Waals surface area contributed by atoms with Crippen LogP contribution < -0.4 is 16.0 Å². The number of nitrogens with one attached hydrogen (secondary N) is 3. The van der Waals surface area contributed by atoms with Gasteiger partial charge in [-0.1, -0.05) is 23.2 Å². The van der Waals surface area contributed by atoms with Crippen molar-refractivity contribution in [3.8, 4) is 0 Å². The molecule has 0 bridgehead atoms. The average Bonchev–Trinajstić information content (AvgIpc) is 2.50. The maximum Gasteiger partial charge on any atom is 0.243 e. The van der Waals surface area contributed by atoms with Gasteiger partial charge < -0.3 is 16.0 Å². The van der Waals surface area contributed by atoms with Crippen molar-refractivity contribution in [2.45, 2.75) is 12.5 Å². The first kappa shape index (κ1) is 20.4. The first-order valence-electron chi connectivity index (χ1n) is 6.87. The van der Waals surface area contributed by atoms with Crippen LogP contribution in [-0.4, -0.2) is 42.5 Å². The van der Waals surface area contributed by atoms with E-state index in [0.29, 0.717) is 22.2 Å². The number of thioether (sulfide) groups is 1. The fourth-order valence-electron chi connectivity index (χ4n) is 2.01. The van der Waals surface area contributed by atoms with Crippen LogP contribution >= 0.6 is 47.4 Å². The number of carbonyl (C=O) groups is 2. The summed E-state index contributed by atoms with van der Waals surface area (Å²) in [6.07, 6.45) is 0.373. The van der Waals surface area contributed by atoms with Gasteiger partial charge in [-0.2, -0.15) is 11.8 Å². The summed E-state index contributed by atoms with van der Waals surface area (Å²) < 4.78 is 0. The smallest absolute Gasteiger partial charge is 0.243 e. The molecule has 1 heterocycles. The van der Waals surface area contributed by atoms with Crippen LogP contribution in [0, 0.1) is 0 Å². The quantitative estimate of drug-likeness (QED) is 0.713. The van der Waals surface area contributed by atoms with E-state index < -0.39 is 0 Å². The molecule has 1 unspecified atom stereocenters. The highest BCUT2D eigenvalue weighted by atomic mass is 35.5. The van der Waals surface area contributed by atoms with Gasteiger partial charge in [0.15, 0.2) is 0 Å². The number of rotatable bonds is 5. The molecule has 0 aromatic heterocycles. The van der Waals surface area contributed by atoms with Gasteiger partial charge in [-0.25, -0.2) is 0 Å². The molecule has 128 valence electrons. The van der Waals surface area contributed by atoms with Crippen molar-refractivity contribution < 1.29 is 9.59 Å². The fraction of sp³-hybridized carbons (Fsp3) is 0.429. The lowest BCUT2D eigenvalue weighted by atomic mass is 10.2. The van der Waals surface area contributed by atoms with E-state index in [1.54, 1.807) is 18.2 Å². The predicted octanol–water partition coefficient (Wildman–Crippen LogP) is 2.57. The highest BCUT2D eigenvalue weighted by Crippen LogP contribution is 2.25. The topological polar surface area (TPSA) is 70.2 Å². The molecule has 23 heavy (non-hydrogen) atoms. The summed E-state index contributed by atoms with van der Waals surface area (Å²) in [6, 6.07) is 4.97. The largest absolute Gasteiger partial charge is 0.347 e. The van der Waals surface area contributed by atoms with Gasteiger partial charge in [0.2, 0.25) is 11.8 Å². The van der Waals surface area contributed by atoms with Crippen LogP contribution in [0.25, 0.3) is 0 Å². The molecule has 0 saturated carbocycles. The molecule has 1 fully saturated rings. The van der Waals surface area contributed by atoms with Crippen LogP contribution in [0.4, 0.5) is 5.69 Å². The van der Waals surface area contributed by atoms with Crippen molar-refractivity contribution in [1.82, 2.24) is 10.6 Å². The predicted molar refractivity (Wildman–Crippen MR) is 99.1 cm³/mol. The van der Waals surface area contributed by atoms with Gasteiger partial charge in [0, 0.05) is 35.5 Å². The Bertz CT molecular complexity index is 554. The minimum Gasteiger partial charge on any atom is -0.347 e. The Morgan fingerprint density at radius 2 is 2.09 bits per heavy atom. The maximum atomic E-state index is 11.8. The van der Waals surface area contributed by atoms with Gasteiger partial charge in [0.05, 0.1) is 17.3 Å². The number of anilines is 1. The fourth-order valence-corrected chi connectivity index (χ4v) is 3.30. The Morgan fingerprint density at radius 3 is 2.78 bits per heavy atom. The lowest BCUT2D eigenvalue weighted by Gasteiger charge is -2.22. The molecule has 5 nitrogen and oxygen atoms in total. The van der Waals surface area contributed by atoms with Gasteiger partial charge in [0.25, 0.3) is 0 Å². The van der Waals surface area contributed by atoms with E-state index in [2.05, 4.69) is 16.0 Å². The monoisotopic (exact) mass is 397 g/mol. The summed E-state index contributed by atoms with van der Waals surface area (Å²) in [5.41, 5.74) is 0.429. The van der Waals surface area contributed by atoms with Crippen LogP contribution in [0.15, 0.2) is 18.2 Å². The number of hydrogen-bond acceptors (Lipinski definition) is 4. The van der Waals surface area contributed by atoms with E-state index in [-0.39, 0.29) is 36.8 Å². The van der Waals surface area contributed by atoms with Crippen molar-refractivity contribution >= 4 is 64.9 Å². The van der Waals surface area contributed by atoms with Crippen LogP contribution in [0.2, 0.25) is 10.0 Å². The van der Waals surface area contributed by atoms with Crippen molar-refractivity contribution in [3.63, 3.8) is 0 Å². The Morgan fingerprint density at radius 1 is 1.30 bits per heavy atom. The Balaban J connectivity index is 0.00000264. The van der Waals surface area contributed by atoms with Gasteiger partial charge in [-0.15, -0.1) is 12.4 Å². The molecule has 1 aliphatic heterocycles. The molecule has 9 heteroatoms. The second kappa shape index (κ2) is 10.3. The van der Waals surface area contributed by atoms with Gasteiger partial charge in [-0.3, -0.25) is 9.59 Å². The van der Waals surface area contributed by atoms with E-state index in [4.69, 9.17) is 23.2 Å². The SMILES string of the molecule is Cl.O=C(CC1CSCCN1)NCC(=O)Nc1cc(Cl)ccc1Cl. The summed E-state index contributed by atoms with van der Waals surface area (Å²) in [6.45, 7) is 0.817. The molecule has 1 saturated heterocycles. The molecule has 0 aliphatic carbocycles. The van der Waals surface area contributed by atoms with E-state index in [1.165, 1.54) is 0 Å². The van der Waals surface area contributed by atoms with E-state index in [0.717, 1.165) is 18.1 Å². The summed E-state index contributed by atoms with van der Waals surface area (Å²) in [4.78, 5) is 23.6. The first-order chi connectivity index (χ1) is 10.5. The van der Waals surface area contributed by atoms with Crippen LogP contribution in [0.3, 0.4) is 0 Å². The number of halogens is 3. The molecule has 2 amide bonds. The summed E-state index contributed by atoms with van der Waals surface area (Å²) in [5, 5.41) is 9.38. The molecule has 1 aliphatic rings. The highest BCUT2D eigenvalue weighted by Gasteiger charge is 2.17. The number of amides is 2. The van der Waals surface area contributed by atoms with Crippen LogP contribution in [0.1, 0.15) is 6.42 Å².